The van der Waals surface area contributed by atoms with E-state index in [-0.39, 0.29) is 31.1 Å². The van der Waals surface area contributed by atoms with Crippen LogP contribution in [0.2, 0.25) is 0 Å². The van der Waals surface area contributed by atoms with Crippen molar-refractivity contribution in [2.45, 2.75) is 37.9 Å². The summed E-state index contributed by atoms with van der Waals surface area (Å²) in [4.78, 5) is 31.7. The summed E-state index contributed by atoms with van der Waals surface area (Å²) in [6.45, 7) is 4.47. The van der Waals surface area contributed by atoms with Gasteiger partial charge in [-0.05, 0) is 25.3 Å². The molecule has 1 aromatic carbocycles. The van der Waals surface area contributed by atoms with Crippen LogP contribution in [0.4, 0.5) is 4.79 Å². The predicted molar refractivity (Wildman–Crippen MR) is 101 cm³/mol. The van der Waals surface area contributed by atoms with E-state index in [4.69, 9.17) is 4.74 Å². The largest absolute Gasteiger partial charge is 0.395 e. The van der Waals surface area contributed by atoms with Crippen LogP contribution in [0, 0.1) is 0 Å². The molecule has 7 heteroatoms. The van der Waals surface area contributed by atoms with Gasteiger partial charge in [-0.1, -0.05) is 30.3 Å². The number of methoxy groups -OCH3 is 1. The molecule has 3 rings (SSSR count). The molecule has 2 fully saturated rings. The van der Waals surface area contributed by atoms with Crippen molar-refractivity contribution in [1.82, 2.24) is 14.7 Å². The lowest BCUT2D eigenvalue weighted by atomic mass is 9.85. The number of piperidine rings is 1. The number of nitrogens with zero attached hydrogens (tertiary/aromatic N) is 3. The van der Waals surface area contributed by atoms with E-state index in [1.807, 2.05) is 37.3 Å². The molecule has 1 atom stereocenters. The van der Waals surface area contributed by atoms with Gasteiger partial charge >= 0.3 is 6.03 Å². The van der Waals surface area contributed by atoms with Gasteiger partial charge in [-0.25, -0.2) is 4.79 Å². The Bertz CT molecular complexity index is 658. The van der Waals surface area contributed by atoms with Crippen LogP contribution in [0.5, 0.6) is 0 Å². The number of hydrogen-bond acceptors (Lipinski definition) is 5. The first-order valence-corrected chi connectivity index (χ1v) is 9.55. The fourth-order valence-electron chi connectivity index (χ4n) is 4.08. The molecule has 0 unspecified atom stereocenters. The summed E-state index contributed by atoms with van der Waals surface area (Å²) < 4.78 is 5.09. The van der Waals surface area contributed by atoms with E-state index in [9.17, 15) is 14.7 Å². The summed E-state index contributed by atoms with van der Waals surface area (Å²) in [5, 5.41) is 9.43. The van der Waals surface area contributed by atoms with E-state index in [0.717, 1.165) is 5.56 Å². The Labute approximate surface area is 160 Å². The van der Waals surface area contributed by atoms with Crippen molar-refractivity contribution < 1.29 is 19.4 Å². The third kappa shape index (κ3) is 3.72. The molecule has 1 N–H and O–H groups in total. The van der Waals surface area contributed by atoms with Gasteiger partial charge < -0.3 is 14.7 Å². The molecule has 148 valence electrons. The third-order valence-corrected chi connectivity index (χ3v) is 5.84. The van der Waals surface area contributed by atoms with Crippen LogP contribution in [-0.4, -0.2) is 83.3 Å². The molecule has 0 bridgehead atoms. The van der Waals surface area contributed by atoms with Gasteiger partial charge in [0, 0.05) is 32.8 Å². The molecule has 2 saturated heterocycles. The molecule has 0 aromatic heterocycles. The minimum absolute atomic E-state index is 0.0572. The minimum Gasteiger partial charge on any atom is -0.395 e. The normalized spacial score (nSPS) is 21.3. The number of aliphatic hydroxyl groups excluding tert-OH is 1. The molecule has 3 amide bonds. The van der Waals surface area contributed by atoms with Gasteiger partial charge in [-0.15, -0.1) is 0 Å². The van der Waals surface area contributed by atoms with E-state index in [0.29, 0.717) is 39.1 Å². The van der Waals surface area contributed by atoms with E-state index < -0.39 is 5.54 Å². The third-order valence-electron chi connectivity index (χ3n) is 5.84. The number of rotatable bonds is 7. The fourth-order valence-corrected chi connectivity index (χ4v) is 4.08. The minimum atomic E-state index is -0.799. The smallest absolute Gasteiger partial charge is 0.328 e. The monoisotopic (exact) mass is 375 g/mol. The Hall–Kier alpha value is -1.96. The first-order chi connectivity index (χ1) is 13.0. The average Bonchev–Trinajstić information content (AvgIpc) is 2.89. The highest BCUT2D eigenvalue weighted by atomic mass is 16.5. The summed E-state index contributed by atoms with van der Waals surface area (Å²) in [5.74, 6) is -0.114. The highest BCUT2D eigenvalue weighted by Gasteiger charge is 2.57. The first-order valence-electron chi connectivity index (χ1n) is 9.55. The number of aliphatic hydroxyl groups is 1. The molecule has 0 radical (unpaired) electrons. The van der Waals surface area contributed by atoms with Crippen LogP contribution in [-0.2, 0) is 16.1 Å². The van der Waals surface area contributed by atoms with Crippen molar-refractivity contribution >= 4 is 11.9 Å². The van der Waals surface area contributed by atoms with Gasteiger partial charge in [0.1, 0.15) is 5.54 Å². The van der Waals surface area contributed by atoms with Crippen LogP contribution in [0.15, 0.2) is 30.3 Å². The Balaban J connectivity index is 1.85. The van der Waals surface area contributed by atoms with Gasteiger partial charge in [-0.3, -0.25) is 14.6 Å². The maximum Gasteiger partial charge on any atom is 0.328 e. The number of urea groups is 1. The number of benzene rings is 1. The van der Waals surface area contributed by atoms with Crippen LogP contribution >= 0.6 is 0 Å². The van der Waals surface area contributed by atoms with Crippen LogP contribution in [0.25, 0.3) is 0 Å². The Morgan fingerprint density at radius 2 is 1.85 bits per heavy atom. The molecule has 1 aromatic rings. The summed E-state index contributed by atoms with van der Waals surface area (Å²) in [6.07, 6.45) is 1.16. The van der Waals surface area contributed by atoms with Crippen molar-refractivity contribution in [1.29, 1.82) is 0 Å². The molecule has 2 heterocycles. The number of ether oxygens (including phenoxy) is 1. The molecular weight excluding hydrogens is 346 g/mol. The number of imide groups is 1. The van der Waals surface area contributed by atoms with E-state index in [2.05, 4.69) is 4.90 Å². The zero-order chi connectivity index (χ0) is 19.4. The molecular formula is C20H29N3O4. The zero-order valence-electron chi connectivity index (χ0n) is 16.1. The maximum atomic E-state index is 13.3. The highest BCUT2D eigenvalue weighted by molar-refractivity contribution is 6.07. The highest BCUT2D eigenvalue weighted by Crippen LogP contribution is 2.38. The fraction of sp³-hybridized carbons (Fsp3) is 0.600. The van der Waals surface area contributed by atoms with E-state index in [1.165, 1.54) is 4.90 Å². The lowest BCUT2D eigenvalue weighted by Gasteiger charge is -2.43. The Morgan fingerprint density at radius 3 is 2.44 bits per heavy atom. The summed E-state index contributed by atoms with van der Waals surface area (Å²) in [7, 11) is 1.57. The van der Waals surface area contributed by atoms with Crippen LogP contribution in [0.1, 0.15) is 25.3 Å². The quantitative estimate of drug-likeness (QED) is 0.728. The van der Waals surface area contributed by atoms with Gasteiger partial charge in [0.2, 0.25) is 0 Å². The molecule has 1 spiro atoms. The number of carbonyl (C=O) groups excluding carboxylic acids is 2. The number of likely N-dealkylation sites (tertiary alicyclic amines) is 1. The predicted octanol–water partition coefficient (Wildman–Crippen LogP) is 1.31. The average molecular weight is 375 g/mol. The second kappa shape index (κ2) is 8.37. The zero-order valence-corrected chi connectivity index (χ0v) is 16.1. The Morgan fingerprint density at radius 1 is 1.19 bits per heavy atom. The van der Waals surface area contributed by atoms with Gasteiger partial charge in [0.05, 0.1) is 19.8 Å². The molecule has 2 aliphatic rings. The lowest BCUT2D eigenvalue weighted by Crippen LogP contribution is -2.57. The molecule has 0 aliphatic carbocycles. The molecule has 27 heavy (non-hydrogen) atoms. The van der Waals surface area contributed by atoms with Crippen molar-refractivity contribution in [2.75, 3.05) is 40.0 Å². The van der Waals surface area contributed by atoms with E-state index in [1.54, 1.807) is 12.0 Å². The number of amides is 3. The first kappa shape index (κ1) is 19.8. The number of hydrogen-bond donors (Lipinski definition) is 1. The molecule has 2 aliphatic heterocycles. The van der Waals surface area contributed by atoms with Crippen molar-refractivity contribution in [2.24, 2.45) is 0 Å². The van der Waals surface area contributed by atoms with Crippen molar-refractivity contribution in [3.05, 3.63) is 35.9 Å². The van der Waals surface area contributed by atoms with E-state index >= 15 is 0 Å². The standard InChI is InChI=1S/C20H29N3O4/c1-16(15-24)21-10-8-20(9-11-21)18(25)22(12-13-27-2)19(26)23(20)14-17-6-4-3-5-7-17/h3-7,16,24H,8-15H2,1-2H3/t16-/m1/s1. The SMILES string of the molecule is COCCN1C(=O)N(Cc2ccccc2)C2(CCN([C@H](C)CO)CC2)C1=O. The number of carbonyl (C=O) groups is 2. The van der Waals surface area contributed by atoms with Gasteiger partial charge in [0.25, 0.3) is 5.91 Å². The van der Waals surface area contributed by atoms with Crippen molar-refractivity contribution in [3.8, 4) is 0 Å². The van der Waals surface area contributed by atoms with Gasteiger partial charge in [0.15, 0.2) is 0 Å². The maximum absolute atomic E-state index is 13.3. The lowest BCUT2D eigenvalue weighted by molar-refractivity contribution is -0.136. The summed E-state index contributed by atoms with van der Waals surface area (Å²) >= 11 is 0. The van der Waals surface area contributed by atoms with Crippen LogP contribution in [0.3, 0.4) is 0 Å². The molecule has 0 saturated carbocycles. The topological polar surface area (TPSA) is 73.3 Å². The van der Waals surface area contributed by atoms with Crippen molar-refractivity contribution in [3.63, 3.8) is 0 Å². The second-order valence-corrected chi connectivity index (χ2v) is 7.40. The summed E-state index contributed by atoms with van der Waals surface area (Å²) in [6, 6.07) is 9.61. The Kier molecular flexibility index (Phi) is 6.14. The molecule has 7 nitrogen and oxygen atoms in total. The van der Waals surface area contributed by atoms with Crippen LogP contribution < -0.4 is 0 Å². The summed E-state index contributed by atoms with van der Waals surface area (Å²) in [5.41, 5.74) is 0.213. The second-order valence-electron chi connectivity index (χ2n) is 7.40. The van der Waals surface area contributed by atoms with Gasteiger partial charge in [-0.2, -0.15) is 0 Å².